The molecule has 0 aliphatic carbocycles. The van der Waals surface area contributed by atoms with E-state index in [1.807, 2.05) is 0 Å². The van der Waals surface area contributed by atoms with Crippen molar-refractivity contribution in [3.05, 3.63) is 0 Å². The predicted octanol–water partition coefficient (Wildman–Crippen LogP) is 0.251. The van der Waals surface area contributed by atoms with Crippen LogP contribution in [0.15, 0.2) is 5.16 Å². The fraction of sp³-hybridized carbons (Fsp3) is 0.400. The molecule has 0 aromatic heterocycles. The zero-order valence-corrected chi connectivity index (χ0v) is 5.37. The Hall–Kier alpha value is -1.57. The average Bonchev–Trinajstić information content (AvgIpc) is 1.88. The fourth-order valence-electron chi connectivity index (χ4n) is 0.286. The van der Waals surface area contributed by atoms with E-state index in [1.54, 1.807) is 6.07 Å². The number of oxime groups is 1. The van der Waals surface area contributed by atoms with E-state index in [4.69, 9.17) is 10.5 Å². The summed E-state index contributed by atoms with van der Waals surface area (Å²) in [5.41, 5.74) is 0. The topological polar surface area (TPSA) is 82.7 Å². The Morgan fingerprint density at radius 2 is 2.50 bits per heavy atom. The third kappa shape index (κ3) is 3.43. The standard InChI is InChI=1S/C5H6N2O3/c1-4(7-9)10-5(8)2-3-6/h9H,2H2,1H3. The van der Waals surface area contributed by atoms with Crippen molar-refractivity contribution in [2.45, 2.75) is 13.3 Å². The summed E-state index contributed by atoms with van der Waals surface area (Å²) in [7, 11) is 0. The highest BCUT2D eigenvalue weighted by Gasteiger charge is 2.02. The smallest absolute Gasteiger partial charge is 0.326 e. The highest BCUT2D eigenvalue weighted by molar-refractivity contribution is 5.87. The lowest BCUT2D eigenvalue weighted by Gasteiger charge is -1.95. The van der Waals surface area contributed by atoms with Crippen molar-refractivity contribution < 1.29 is 14.7 Å². The quantitative estimate of drug-likeness (QED) is 0.187. The fourth-order valence-corrected chi connectivity index (χ4v) is 0.286. The molecule has 0 heterocycles. The Labute approximate surface area is 57.5 Å². The zero-order valence-electron chi connectivity index (χ0n) is 5.37. The lowest BCUT2D eigenvalue weighted by Crippen LogP contribution is -2.07. The summed E-state index contributed by atoms with van der Waals surface area (Å²) in [5.74, 6) is -0.891. The minimum Gasteiger partial charge on any atom is -0.408 e. The van der Waals surface area contributed by atoms with Crippen LogP contribution in [0.25, 0.3) is 0 Å². The van der Waals surface area contributed by atoms with Crippen LogP contribution >= 0.6 is 0 Å². The number of hydrogen-bond donors (Lipinski definition) is 1. The lowest BCUT2D eigenvalue weighted by atomic mass is 10.5. The van der Waals surface area contributed by atoms with E-state index in [2.05, 4.69) is 9.89 Å². The van der Waals surface area contributed by atoms with Crippen molar-refractivity contribution in [3.63, 3.8) is 0 Å². The lowest BCUT2D eigenvalue weighted by molar-refractivity contribution is -0.134. The number of esters is 1. The third-order valence-electron chi connectivity index (χ3n) is 0.626. The monoisotopic (exact) mass is 142 g/mol. The van der Waals surface area contributed by atoms with Crippen LogP contribution in [0.2, 0.25) is 0 Å². The van der Waals surface area contributed by atoms with Crippen molar-refractivity contribution >= 4 is 11.9 Å². The van der Waals surface area contributed by atoms with Gasteiger partial charge in [0.25, 0.3) is 0 Å². The van der Waals surface area contributed by atoms with E-state index >= 15 is 0 Å². The molecule has 0 aromatic carbocycles. The number of ether oxygens (including phenoxy) is 1. The maximum Gasteiger partial charge on any atom is 0.326 e. The number of nitriles is 1. The van der Waals surface area contributed by atoms with E-state index < -0.39 is 5.97 Å². The van der Waals surface area contributed by atoms with Crippen molar-refractivity contribution in [1.82, 2.24) is 0 Å². The summed E-state index contributed by atoms with van der Waals surface area (Å²) in [6.07, 6.45) is -0.340. The highest BCUT2D eigenvalue weighted by Crippen LogP contribution is 1.85. The number of carbonyl (C=O) groups is 1. The van der Waals surface area contributed by atoms with Gasteiger partial charge in [-0.15, -0.1) is 0 Å². The minimum atomic E-state index is -0.724. The molecule has 0 aliphatic rings. The van der Waals surface area contributed by atoms with Gasteiger partial charge >= 0.3 is 5.97 Å². The van der Waals surface area contributed by atoms with Gasteiger partial charge in [-0.1, -0.05) is 5.16 Å². The molecule has 0 fully saturated rings. The van der Waals surface area contributed by atoms with Crippen LogP contribution in [-0.2, 0) is 9.53 Å². The van der Waals surface area contributed by atoms with Gasteiger partial charge in [0.05, 0.1) is 6.07 Å². The maximum atomic E-state index is 10.4. The molecule has 0 saturated carbocycles. The third-order valence-corrected chi connectivity index (χ3v) is 0.626. The summed E-state index contributed by atoms with van der Waals surface area (Å²) < 4.78 is 4.28. The second-order valence-corrected chi connectivity index (χ2v) is 1.43. The van der Waals surface area contributed by atoms with E-state index in [0.717, 1.165) is 0 Å². The maximum absolute atomic E-state index is 10.4. The van der Waals surface area contributed by atoms with Crippen LogP contribution in [-0.4, -0.2) is 17.1 Å². The van der Waals surface area contributed by atoms with Crippen molar-refractivity contribution in [2.24, 2.45) is 5.16 Å². The first-order valence-electron chi connectivity index (χ1n) is 2.47. The number of nitrogens with zero attached hydrogens (tertiary/aromatic N) is 2. The molecule has 0 amide bonds. The Kier molecular flexibility index (Phi) is 3.64. The number of hydrogen-bond acceptors (Lipinski definition) is 5. The molecule has 0 radical (unpaired) electrons. The summed E-state index contributed by atoms with van der Waals surface area (Å²) >= 11 is 0. The van der Waals surface area contributed by atoms with Crippen molar-refractivity contribution in [1.29, 1.82) is 5.26 Å². The highest BCUT2D eigenvalue weighted by atomic mass is 16.6. The van der Waals surface area contributed by atoms with Gasteiger partial charge in [0.1, 0.15) is 6.42 Å². The van der Waals surface area contributed by atoms with Crippen LogP contribution in [0, 0.1) is 11.3 Å². The summed E-state index contributed by atoms with van der Waals surface area (Å²) in [6, 6.07) is 1.59. The molecule has 0 aromatic rings. The van der Waals surface area contributed by atoms with Gasteiger partial charge < -0.3 is 9.94 Å². The average molecular weight is 142 g/mol. The molecule has 10 heavy (non-hydrogen) atoms. The SMILES string of the molecule is CC(=NO)OC(=O)CC#N. The molecule has 1 N–H and O–H groups in total. The molecule has 0 unspecified atom stereocenters. The normalized spacial score (nSPS) is 10.2. The number of rotatable bonds is 1. The Balaban J connectivity index is 3.71. The van der Waals surface area contributed by atoms with Crippen LogP contribution < -0.4 is 0 Å². The van der Waals surface area contributed by atoms with Crippen LogP contribution in [0.5, 0.6) is 0 Å². The van der Waals surface area contributed by atoms with Crippen LogP contribution in [0.1, 0.15) is 13.3 Å². The number of carbonyl (C=O) groups excluding carboxylic acids is 1. The Bertz CT molecular complexity index is 192. The predicted molar refractivity (Wildman–Crippen MR) is 31.2 cm³/mol. The molecule has 0 saturated heterocycles. The van der Waals surface area contributed by atoms with Crippen LogP contribution in [0.3, 0.4) is 0 Å². The zero-order chi connectivity index (χ0) is 7.98. The molecule has 0 atom stereocenters. The summed E-state index contributed by atoms with van der Waals surface area (Å²) in [5, 5.41) is 18.5. The molecular weight excluding hydrogens is 136 g/mol. The first-order chi connectivity index (χ1) is 4.70. The van der Waals surface area contributed by atoms with E-state index in [1.165, 1.54) is 6.92 Å². The first kappa shape index (κ1) is 8.43. The Morgan fingerprint density at radius 3 is 2.90 bits per heavy atom. The van der Waals surface area contributed by atoms with E-state index in [-0.39, 0.29) is 12.3 Å². The molecule has 0 rings (SSSR count). The van der Waals surface area contributed by atoms with Crippen LogP contribution in [0.4, 0.5) is 0 Å². The molecular formula is C5H6N2O3. The van der Waals surface area contributed by atoms with Gasteiger partial charge in [-0.25, -0.2) is 0 Å². The van der Waals surface area contributed by atoms with Gasteiger partial charge in [-0.05, 0) is 0 Å². The van der Waals surface area contributed by atoms with Gasteiger partial charge in [0.15, 0.2) is 0 Å². The van der Waals surface area contributed by atoms with Gasteiger partial charge in [0, 0.05) is 6.92 Å². The molecule has 54 valence electrons. The molecule has 0 aliphatic heterocycles. The molecule has 5 heteroatoms. The summed E-state index contributed by atoms with van der Waals surface area (Å²) in [4.78, 5) is 10.4. The van der Waals surface area contributed by atoms with Crippen molar-refractivity contribution in [3.8, 4) is 6.07 Å². The van der Waals surface area contributed by atoms with Gasteiger partial charge in [0.2, 0.25) is 5.90 Å². The Morgan fingerprint density at radius 1 is 1.90 bits per heavy atom. The second kappa shape index (κ2) is 4.32. The molecule has 0 spiro atoms. The van der Waals surface area contributed by atoms with Gasteiger partial charge in [-0.3, -0.25) is 4.79 Å². The van der Waals surface area contributed by atoms with Crippen molar-refractivity contribution in [2.75, 3.05) is 0 Å². The largest absolute Gasteiger partial charge is 0.408 e. The molecule has 5 nitrogen and oxygen atoms in total. The summed E-state index contributed by atoms with van der Waals surface area (Å²) in [6.45, 7) is 1.30. The molecule has 0 bridgehead atoms. The first-order valence-corrected chi connectivity index (χ1v) is 2.47. The second-order valence-electron chi connectivity index (χ2n) is 1.43. The minimum absolute atomic E-state index is 0.166. The van der Waals surface area contributed by atoms with E-state index in [0.29, 0.717) is 0 Å². The van der Waals surface area contributed by atoms with E-state index in [9.17, 15) is 4.79 Å². The van der Waals surface area contributed by atoms with Gasteiger partial charge in [-0.2, -0.15) is 5.26 Å².